The van der Waals surface area contributed by atoms with Crippen LogP contribution in [0.15, 0.2) is 4.99 Å². The summed E-state index contributed by atoms with van der Waals surface area (Å²) in [5.41, 5.74) is 0. The van der Waals surface area contributed by atoms with E-state index >= 15 is 0 Å². The van der Waals surface area contributed by atoms with Crippen LogP contribution in [0.2, 0.25) is 0 Å². The number of ether oxygens (including phenoxy) is 3. The van der Waals surface area contributed by atoms with Crippen LogP contribution in [0, 0.1) is 6.92 Å². The molecule has 32 heavy (non-hydrogen) atoms. The summed E-state index contributed by atoms with van der Waals surface area (Å²) >= 11 is 0. The van der Waals surface area contributed by atoms with Gasteiger partial charge in [0.05, 0.1) is 19.3 Å². The zero-order valence-electron chi connectivity index (χ0n) is 19.8. The number of hydrogen-bond acceptors (Lipinski definition) is 7. The second-order valence-electron chi connectivity index (χ2n) is 8.15. The molecule has 0 spiro atoms. The van der Waals surface area contributed by atoms with Gasteiger partial charge in [0.15, 0.2) is 11.8 Å². The monoisotopic (exact) mass is 565 g/mol. The third-order valence-electron chi connectivity index (χ3n) is 5.96. The minimum atomic E-state index is 0. The normalized spacial score (nSPS) is 18.6. The van der Waals surface area contributed by atoms with Crippen molar-refractivity contribution in [3.63, 3.8) is 0 Å². The number of piperidine rings is 1. The molecule has 184 valence electrons. The van der Waals surface area contributed by atoms with Crippen molar-refractivity contribution in [3.8, 4) is 0 Å². The molecule has 2 saturated heterocycles. The maximum Gasteiger partial charge on any atom is 0.194 e. The highest BCUT2D eigenvalue weighted by Crippen LogP contribution is 2.14. The number of morpholine rings is 1. The number of rotatable bonds is 10. The Morgan fingerprint density at radius 2 is 1.91 bits per heavy atom. The Kier molecular flexibility index (Phi) is 12.8. The van der Waals surface area contributed by atoms with Crippen molar-refractivity contribution in [2.45, 2.75) is 38.8 Å². The Balaban J connectivity index is 0.00000363. The number of nitrogens with one attached hydrogen (secondary N) is 1. The molecular weight excluding hydrogens is 525 g/mol. The molecule has 1 N–H and O–H groups in total. The van der Waals surface area contributed by atoms with Crippen molar-refractivity contribution in [1.29, 1.82) is 0 Å². The van der Waals surface area contributed by atoms with Gasteiger partial charge in [-0.15, -0.1) is 34.2 Å². The summed E-state index contributed by atoms with van der Waals surface area (Å²) in [6.07, 6.45) is 3.30. The predicted octanol–water partition coefficient (Wildman–Crippen LogP) is 1.04. The van der Waals surface area contributed by atoms with E-state index in [0.29, 0.717) is 12.6 Å². The van der Waals surface area contributed by atoms with Crippen LogP contribution < -0.4 is 5.32 Å². The maximum atomic E-state index is 6.01. The van der Waals surface area contributed by atoms with Crippen molar-refractivity contribution in [2.75, 3.05) is 72.8 Å². The lowest BCUT2D eigenvalue weighted by Crippen LogP contribution is -2.49. The van der Waals surface area contributed by atoms with Crippen LogP contribution in [-0.4, -0.2) is 109 Å². The molecule has 2 aliphatic heterocycles. The third-order valence-corrected chi connectivity index (χ3v) is 5.96. The minimum Gasteiger partial charge on any atom is -0.385 e. The molecule has 1 aromatic rings. The molecule has 0 atom stereocenters. The molecule has 2 fully saturated rings. The molecule has 2 aliphatic rings. The van der Waals surface area contributed by atoms with Gasteiger partial charge in [-0.2, -0.15) is 0 Å². The lowest BCUT2D eigenvalue weighted by Gasteiger charge is -2.35. The lowest BCUT2D eigenvalue weighted by molar-refractivity contribution is 0.00981. The van der Waals surface area contributed by atoms with Crippen molar-refractivity contribution < 1.29 is 14.2 Å². The fourth-order valence-corrected chi connectivity index (χ4v) is 3.84. The zero-order chi connectivity index (χ0) is 21.9. The fourth-order valence-electron chi connectivity index (χ4n) is 3.84. The third kappa shape index (κ3) is 8.73. The topological polar surface area (TPSA) is 89.3 Å². The van der Waals surface area contributed by atoms with Gasteiger partial charge in [0, 0.05) is 66.6 Å². The van der Waals surface area contributed by atoms with Crippen LogP contribution >= 0.6 is 24.0 Å². The number of hydrogen-bond donors (Lipinski definition) is 1. The highest BCUT2D eigenvalue weighted by atomic mass is 127. The summed E-state index contributed by atoms with van der Waals surface area (Å²) in [5, 5.41) is 12.0. The number of aliphatic imine (C=N–C) groups is 1. The van der Waals surface area contributed by atoms with Gasteiger partial charge in [-0.3, -0.25) is 4.90 Å². The number of methoxy groups -OCH3 is 1. The average Bonchev–Trinajstić information content (AvgIpc) is 3.12. The van der Waals surface area contributed by atoms with Crippen molar-refractivity contribution in [1.82, 2.24) is 29.9 Å². The first-order chi connectivity index (χ1) is 15.2. The highest BCUT2D eigenvalue weighted by molar-refractivity contribution is 14.0. The Labute approximate surface area is 209 Å². The van der Waals surface area contributed by atoms with Gasteiger partial charge in [-0.1, -0.05) is 0 Å². The summed E-state index contributed by atoms with van der Waals surface area (Å²) in [7, 11) is 3.71. The SMILES string of the molecule is COCCCOC1CCN(C(=NCc2nnc(C)n2C)NCCN2CCOCC2)CC1.I. The molecule has 3 heterocycles. The van der Waals surface area contributed by atoms with Gasteiger partial charge in [-0.25, -0.2) is 4.99 Å². The Morgan fingerprint density at radius 3 is 2.56 bits per heavy atom. The number of halogens is 1. The number of nitrogens with zero attached hydrogens (tertiary/aromatic N) is 6. The van der Waals surface area contributed by atoms with E-state index in [9.17, 15) is 0 Å². The van der Waals surface area contributed by atoms with E-state index in [1.165, 1.54) is 0 Å². The number of aryl methyl sites for hydroxylation is 1. The number of aromatic nitrogens is 3. The van der Waals surface area contributed by atoms with Crippen LogP contribution in [0.25, 0.3) is 0 Å². The molecule has 0 unspecified atom stereocenters. The van der Waals surface area contributed by atoms with E-state index in [1.807, 2.05) is 18.5 Å². The average molecular weight is 566 g/mol. The molecule has 0 aromatic carbocycles. The largest absolute Gasteiger partial charge is 0.385 e. The Bertz CT molecular complexity index is 674. The van der Waals surface area contributed by atoms with Gasteiger partial charge in [0.1, 0.15) is 12.4 Å². The van der Waals surface area contributed by atoms with E-state index in [2.05, 4.69) is 25.3 Å². The molecule has 1 aromatic heterocycles. The second-order valence-corrected chi connectivity index (χ2v) is 8.15. The molecular formula is C21H40IN7O3. The van der Waals surface area contributed by atoms with Crippen molar-refractivity contribution in [2.24, 2.45) is 12.0 Å². The molecule has 0 bridgehead atoms. The van der Waals surface area contributed by atoms with E-state index < -0.39 is 0 Å². The van der Waals surface area contributed by atoms with Crippen LogP contribution in [0.3, 0.4) is 0 Å². The minimum absolute atomic E-state index is 0. The molecule has 11 heteroatoms. The highest BCUT2D eigenvalue weighted by Gasteiger charge is 2.22. The summed E-state index contributed by atoms with van der Waals surface area (Å²) in [4.78, 5) is 9.67. The van der Waals surface area contributed by atoms with Gasteiger partial charge in [-0.05, 0) is 26.2 Å². The molecule has 0 aliphatic carbocycles. The standard InChI is InChI=1S/C21H39N7O3.HI/c1-18-24-25-20(26(18)2)17-23-21(22-7-10-27-11-15-30-16-12-27)28-8-5-19(6-9-28)31-14-4-13-29-3;/h19H,4-17H2,1-3H3,(H,22,23);1H. The van der Waals surface area contributed by atoms with Crippen LogP contribution in [0.1, 0.15) is 30.9 Å². The molecule has 0 amide bonds. The van der Waals surface area contributed by atoms with Crippen molar-refractivity contribution >= 4 is 29.9 Å². The van der Waals surface area contributed by atoms with E-state index in [1.54, 1.807) is 7.11 Å². The summed E-state index contributed by atoms with van der Waals surface area (Å²) in [6, 6.07) is 0. The van der Waals surface area contributed by atoms with Gasteiger partial charge >= 0.3 is 0 Å². The predicted molar refractivity (Wildman–Crippen MR) is 135 cm³/mol. The first-order valence-electron chi connectivity index (χ1n) is 11.5. The van der Waals surface area contributed by atoms with Crippen LogP contribution in [0.4, 0.5) is 0 Å². The van der Waals surface area contributed by atoms with Gasteiger partial charge in [0.2, 0.25) is 0 Å². The van der Waals surface area contributed by atoms with E-state index in [-0.39, 0.29) is 24.0 Å². The maximum absolute atomic E-state index is 6.01. The van der Waals surface area contributed by atoms with E-state index in [4.69, 9.17) is 19.2 Å². The molecule has 3 rings (SSSR count). The fraction of sp³-hybridized carbons (Fsp3) is 0.857. The Hall–Kier alpha value is -1.02. The quantitative estimate of drug-likeness (QED) is 0.195. The van der Waals surface area contributed by atoms with E-state index in [0.717, 1.165) is 103 Å². The first kappa shape index (κ1) is 27.2. The van der Waals surface area contributed by atoms with Crippen LogP contribution in [0.5, 0.6) is 0 Å². The first-order valence-corrected chi connectivity index (χ1v) is 11.5. The van der Waals surface area contributed by atoms with Gasteiger partial charge in [0.25, 0.3) is 0 Å². The molecule has 10 nitrogen and oxygen atoms in total. The molecule has 0 saturated carbocycles. The zero-order valence-corrected chi connectivity index (χ0v) is 22.1. The Morgan fingerprint density at radius 1 is 1.16 bits per heavy atom. The van der Waals surface area contributed by atoms with Crippen molar-refractivity contribution in [3.05, 3.63) is 11.6 Å². The number of guanidine groups is 1. The summed E-state index contributed by atoms with van der Waals surface area (Å²) < 4.78 is 18.6. The summed E-state index contributed by atoms with van der Waals surface area (Å²) in [6.45, 7) is 11.4. The lowest BCUT2D eigenvalue weighted by atomic mass is 10.1. The van der Waals surface area contributed by atoms with Crippen LogP contribution in [-0.2, 0) is 27.8 Å². The second kappa shape index (κ2) is 15.0. The summed E-state index contributed by atoms with van der Waals surface area (Å²) in [5.74, 6) is 2.73. The van der Waals surface area contributed by atoms with Gasteiger partial charge < -0.3 is 29.0 Å². The molecule has 0 radical (unpaired) electrons. The smallest absolute Gasteiger partial charge is 0.194 e. The number of likely N-dealkylation sites (tertiary alicyclic amines) is 1.